The standard InChI is InChI=1S/C17H27NO/c1-2-3-4-5-9-14-17(19)18-15-10-13-16-11-7-6-8-12-16/h6-8,11-12H,2-5,9-10,13-15H2,1H3,(H,18,19). The third-order valence-electron chi connectivity index (χ3n) is 3.31. The Bertz CT molecular complexity index is 334. The monoisotopic (exact) mass is 261 g/mol. The second-order valence-electron chi connectivity index (χ2n) is 5.10. The van der Waals surface area contributed by atoms with Crippen molar-refractivity contribution in [2.45, 2.75) is 58.3 Å². The van der Waals surface area contributed by atoms with Crippen LogP contribution in [-0.4, -0.2) is 12.5 Å². The summed E-state index contributed by atoms with van der Waals surface area (Å²) >= 11 is 0. The van der Waals surface area contributed by atoms with Gasteiger partial charge in [0.05, 0.1) is 0 Å². The zero-order valence-corrected chi connectivity index (χ0v) is 12.2. The molecule has 1 aromatic rings. The van der Waals surface area contributed by atoms with E-state index in [0.717, 1.165) is 25.8 Å². The maximum absolute atomic E-state index is 11.6. The van der Waals surface area contributed by atoms with Gasteiger partial charge in [-0.15, -0.1) is 0 Å². The molecule has 1 amide bonds. The van der Waals surface area contributed by atoms with Crippen molar-refractivity contribution in [1.82, 2.24) is 5.32 Å². The van der Waals surface area contributed by atoms with Crippen LogP contribution < -0.4 is 5.32 Å². The molecule has 0 saturated carbocycles. The van der Waals surface area contributed by atoms with Gasteiger partial charge in [0.25, 0.3) is 0 Å². The number of benzene rings is 1. The van der Waals surface area contributed by atoms with Crippen LogP contribution in [0.4, 0.5) is 0 Å². The van der Waals surface area contributed by atoms with Crippen LogP contribution >= 0.6 is 0 Å². The maximum Gasteiger partial charge on any atom is 0.219 e. The SMILES string of the molecule is CCCCCCCC(=O)NCCCc1ccccc1. The minimum absolute atomic E-state index is 0.213. The fraction of sp³-hybridized carbons (Fsp3) is 0.588. The molecule has 0 aliphatic rings. The lowest BCUT2D eigenvalue weighted by Crippen LogP contribution is -2.24. The highest BCUT2D eigenvalue weighted by Crippen LogP contribution is 2.05. The maximum atomic E-state index is 11.6. The Hall–Kier alpha value is -1.31. The van der Waals surface area contributed by atoms with E-state index >= 15 is 0 Å². The van der Waals surface area contributed by atoms with Gasteiger partial charge in [-0.2, -0.15) is 0 Å². The number of carbonyl (C=O) groups excluding carboxylic acids is 1. The molecule has 1 rings (SSSR count). The van der Waals surface area contributed by atoms with E-state index in [1.807, 2.05) is 6.07 Å². The molecule has 0 radical (unpaired) electrons. The van der Waals surface area contributed by atoms with Crippen LogP contribution in [-0.2, 0) is 11.2 Å². The third-order valence-corrected chi connectivity index (χ3v) is 3.31. The summed E-state index contributed by atoms with van der Waals surface area (Å²) in [6.07, 6.45) is 8.77. The van der Waals surface area contributed by atoms with Gasteiger partial charge in [0.1, 0.15) is 0 Å². The van der Waals surface area contributed by atoms with Crippen molar-refractivity contribution >= 4 is 5.91 Å². The van der Waals surface area contributed by atoms with Crippen molar-refractivity contribution in [3.8, 4) is 0 Å². The number of amides is 1. The molecule has 0 aliphatic carbocycles. The number of nitrogens with one attached hydrogen (secondary N) is 1. The lowest BCUT2D eigenvalue weighted by molar-refractivity contribution is -0.121. The number of carbonyl (C=O) groups is 1. The van der Waals surface area contributed by atoms with Gasteiger partial charge in [0.15, 0.2) is 0 Å². The van der Waals surface area contributed by atoms with E-state index < -0.39 is 0 Å². The third kappa shape index (κ3) is 8.41. The molecule has 106 valence electrons. The van der Waals surface area contributed by atoms with Crippen molar-refractivity contribution in [3.05, 3.63) is 35.9 Å². The molecule has 19 heavy (non-hydrogen) atoms. The lowest BCUT2D eigenvalue weighted by Gasteiger charge is -2.05. The summed E-state index contributed by atoms with van der Waals surface area (Å²) in [5, 5.41) is 3.00. The van der Waals surface area contributed by atoms with Crippen LogP contribution in [0.2, 0.25) is 0 Å². The molecule has 0 spiro atoms. The van der Waals surface area contributed by atoms with Gasteiger partial charge in [0.2, 0.25) is 5.91 Å². The zero-order chi connectivity index (χ0) is 13.8. The highest BCUT2D eigenvalue weighted by Gasteiger charge is 2.00. The van der Waals surface area contributed by atoms with E-state index in [4.69, 9.17) is 0 Å². The average molecular weight is 261 g/mol. The molecule has 1 aromatic carbocycles. The number of unbranched alkanes of at least 4 members (excludes halogenated alkanes) is 4. The Morgan fingerprint density at radius 1 is 1.00 bits per heavy atom. The van der Waals surface area contributed by atoms with E-state index in [0.29, 0.717) is 6.42 Å². The van der Waals surface area contributed by atoms with Gasteiger partial charge >= 0.3 is 0 Å². The van der Waals surface area contributed by atoms with Crippen molar-refractivity contribution in [1.29, 1.82) is 0 Å². The number of hydrogen-bond donors (Lipinski definition) is 1. The summed E-state index contributed by atoms with van der Waals surface area (Å²) in [5.41, 5.74) is 1.34. The van der Waals surface area contributed by atoms with E-state index in [1.54, 1.807) is 0 Å². The van der Waals surface area contributed by atoms with Crippen LogP contribution in [0.1, 0.15) is 57.4 Å². The van der Waals surface area contributed by atoms with E-state index in [9.17, 15) is 4.79 Å². The molecule has 2 nitrogen and oxygen atoms in total. The fourth-order valence-corrected chi connectivity index (χ4v) is 2.14. The molecule has 0 fully saturated rings. The molecular formula is C17H27NO. The number of aryl methyl sites for hydroxylation is 1. The first-order chi connectivity index (χ1) is 9.33. The molecular weight excluding hydrogens is 234 g/mol. The minimum atomic E-state index is 0.213. The molecule has 0 unspecified atom stereocenters. The predicted molar refractivity (Wildman–Crippen MR) is 81.1 cm³/mol. The first-order valence-corrected chi connectivity index (χ1v) is 7.63. The van der Waals surface area contributed by atoms with Crippen molar-refractivity contribution < 1.29 is 4.79 Å². The van der Waals surface area contributed by atoms with E-state index in [1.165, 1.54) is 31.2 Å². The Labute approximate surface area is 117 Å². The van der Waals surface area contributed by atoms with Crippen LogP contribution in [0.3, 0.4) is 0 Å². The molecule has 0 atom stereocenters. The van der Waals surface area contributed by atoms with Crippen molar-refractivity contribution in [2.75, 3.05) is 6.54 Å². The van der Waals surface area contributed by atoms with Gasteiger partial charge in [-0.05, 0) is 24.8 Å². The molecule has 0 bridgehead atoms. The highest BCUT2D eigenvalue weighted by molar-refractivity contribution is 5.75. The highest BCUT2D eigenvalue weighted by atomic mass is 16.1. The van der Waals surface area contributed by atoms with Crippen LogP contribution in [0.25, 0.3) is 0 Å². The number of hydrogen-bond acceptors (Lipinski definition) is 1. The summed E-state index contributed by atoms with van der Waals surface area (Å²) in [6, 6.07) is 10.4. The van der Waals surface area contributed by atoms with Crippen LogP contribution in [0, 0.1) is 0 Å². The quantitative estimate of drug-likeness (QED) is 0.631. The Balaban J connectivity index is 1.95. The lowest BCUT2D eigenvalue weighted by atomic mass is 10.1. The Morgan fingerprint density at radius 3 is 2.47 bits per heavy atom. The van der Waals surface area contributed by atoms with Crippen LogP contribution in [0.5, 0.6) is 0 Å². The smallest absolute Gasteiger partial charge is 0.219 e. The second-order valence-corrected chi connectivity index (χ2v) is 5.10. The molecule has 2 heteroatoms. The van der Waals surface area contributed by atoms with Crippen molar-refractivity contribution in [3.63, 3.8) is 0 Å². The van der Waals surface area contributed by atoms with E-state index in [-0.39, 0.29) is 5.91 Å². The zero-order valence-electron chi connectivity index (χ0n) is 12.2. The van der Waals surface area contributed by atoms with Gasteiger partial charge in [-0.3, -0.25) is 4.79 Å². The molecule has 0 saturated heterocycles. The summed E-state index contributed by atoms with van der Waals surface area (Å²) in [4.78, 5) is 11.6. The number of rotatable bonds is 10. The summed E-state index contributed by atoms with van der Waals surface area (Å²) < 4.78 is 0. The van der Waals surface area contributed by atoms with Crippen LogP contribution in [0.15, 0.2) is 30.3 Å². The van der Waals surface area contributed by atoms with Crippen molar-refractivity contribution in [2.24, 2.45) is 0 Å². The van der Waals surface area contributed by atoms with Gasteiger partial charge in [-0.25, -0.2) is 0 Å². The fourth-order valence-electron chi connectivity index (χ4n) is 2.14. The molecule has 0 aromatic heterocycles. The summed E-state index contributed by atoms with van der Waals surface area (Å²) in [7, 11) is 0. The van der Waals surface area contributed by atoms with Gasteiger partial charge < -0.3 is 5.32 Å². The molecule has 0 aliphatic heterocycles. The first-order valence-electron chi connectivity index (χ1n) is 7.63. The predicted octanol–water partition coefficient (Wildman–Crippen LogP) is 4.10. The minimum Gasteiger partial charge on any atom is -0.356 e. The Morgan fingerprint density at radius 2 is 1.74 bits per heavy atom. The first kappa shape index (κ1) is 15.7. The molecule has 0 heterocycles. The van der Waals surface area contributed by atoms with E-state index in [2.05, 4.69) is 36.5 Å². The summed E-state index contributed by atoms with van der Waals surface area (Å²) in [5.74, 6) is 0.213. The second kappa shape index (κ2) is 10.6. The average Bonchev–Trinajstić information content (AvgIpc) is 2.44. The van der Waals surface area contributed by atoms with Gasteiger partial charge in [-0.1, -0.05) is 62.9 Å². The topological polar surface area (TPSA) is 29.1 Å². The largest absolute Gasteiger partial charge is 0.356 e. The van der Waals surface area contributed by atoms with Gasteiger partial charge in [0, 0.05) is 13.0 Å². The Kier molecular flexibility index (Phi) is 8.78. The molecule has 1 N–H and O–H groups in total. The normalized spacial score (nSPS) is 10.4. The summed E-state index contributed by atoms with van der Waals surface area (Å²) in [6.45, 7) is 3.00.